The van der Waals surface area contributed by atoms with Gasteiger partial charge in [-0.3, -0.25) is 0 Å². The maximum Gasteiger partial charge on any atom is 0.348 e. The molecule has 0 aromatic rings. The van der Waals surface area contributed by atoms with Crippen molar-refractivity contribution in [2.45, 2.75) is 20.3 Å². The zero-order chi connectivity index (χ0) is 15.9. The molecule has 22 heavy (non-hydrogen) atoms. The van der Waals surface area contributed by atoms with Crippen molar-refractivity contribution in [1.82, 2.24) is 0 Å². The molecular formula is C19H19NO2. The van der Waals surface area contributed by atoms with Crippen LogP contribution in [0.15, 0.2) is 58.7 Å². The van der Waals surface area contributed by atoms with Gasteiger partial charge in [0.05, 0.1) is 7.11 Å². The highest BCUT2D eigenvalue weighted by atomic mass is 16.5. The van der Waals surface area contributed by atoms with Gasteiger partial charge in [-0.2, -0.15) is 5.26 Å². The zero-order valence-electron chi connectivity index (χ0n) is 13.1. The molecule has 0 aliphatic heterocycles. The SMILES string of the molecule is COC(=O)/C(C#N)=C1/C=C[C@@H]2C=C[C@H]1C1=C(C=CC1)C2(C)C. The van der Waals surface area contributed by atoms with Crippen LogP contribution < -0.4 is 0 Å². The highest BCUT2D eigenvalue weighted by Crippen LogP contribution is 2.50. The summed E-state index contributed by atoms with van der Waals surface area (Å²) in [6.07, 6.45) is 13.6. The van der Waals surface area contributed by atoms with E-state index in [0.29, 0.717) is 0 Å². The first-order chi connectivity index (χ1) is 10.5. The molecule has 0 heterocycles. The van der Waals surface area contributed by atoms with E-state index in [1.165, 1.54) is 18.3 Å². The third-order valence-electron chi connectivity index (χ3n) is 4.99. The fourth-order valence-corrected chi connectivity index (χ4v) is 3.69. The highest BCUT2D eigenvalue weighted by Gasteiger charge is 2.39. The zero-order valence-corrected chi connectivity index (χ0v) is 13.1. The molecule has 0 aromatic carbocycles. The Balaban J connectivity index is 2.23. The average molecular weight is 293 g/mol. The maximum absolute atomic E-state index is 11.9. The van der Waals surface area contributed by atoms with Gasteiger partial charge in [0, 0.05) is 11.8 Å². The Labute approximate surface area is 131 Å². The van der Waals surface area contributed by atoms with Crippen LogP contribution in [0.3, 0.4) is 0 Å². The van der Waals surface area contributed by atoms with Gasteiger partial charge >= 0.3 is 5.97 Å². The first kappa shape index (κ1) is 14.6. The molecule has 0 fully saturated rings. The number of rotatable bonds is 1. The van der Waals surface area contributed by atoms with E-state index in [-0.39, 0.29) is 22.8 Å². The van der Waals surface area contributed by atoms with E-state index in [1.807, 2.05) is 12.1 Å². The summed E-state index contributed by atoms with van der Waals surface area (Å²) < 4.78 is 4.78. The minimum Gasteiger partial charge on any atom is -0.465 e. The monoisotopic (exact) mass is 293 g/mol. The predicted octanol–water partition coefficient (Wildman–Crippen LogP) is 3.63. The molecule has 3 rings (SSSR count). The summed E-state index contributed by atoms with van der Waals surface area (Å²) in [5.41, 5.74) is 3.50. The fourth-order valence-electron chi connectivity index (χ4n) is 3.69. The van der Waals surface area contributed by atoms with Crippen LogP contribution >= 0.6 is 0 Å². The third-order valence-corrected chi connectivity index (χ3v) is 4.99. The molecule has 2 atom stereocenters. The molecule has 0 saturated carbocycles. The van der Waals surface area contributed by atoms with Crippen LogP contribution in [0.25, 0.3) is 0 Å². The Bertz CT molecular complexity index is 723. The van der Waals surface area contributed by atoms with E-state index in [0.717, 1.165) is 12.0 Å². The molecule has 0 saturated heterocycles. The Morgan fingerprint density at radius 1 is 1.32 bits per heavy atom. The summed E-state index contributed by atoms with van der Waals surface area (Å²) in [6.45, 7) is 4.50. The van der Waals surface area contributed by atoms with Crippen LogP contribution in [0.2, 0.25) is 0 Å². The lowest BCUT2D eigenvalue weighted by molar-refractivity contribution is -0.135. The summed E-state index contributed by atoms with van der Waals surface area (Å²) in [5, 5.41) is 9.41. The number of ether oxygens (including phenoxy) is 1. The molecule has 0 unspecified atom stereocenters. The van der Waals surface area contributed by atoms with Crippen molar-refractivity contribution in [2.24, 2.45) is 17.3 Å². The van der Waals surface area contributed by atoms with Crippen LogP contribution in [0.1, 0.15) is 20.3 Å². The number of methoxy groups -OCH3 is 1. The molecule has 2 bridgehead atoms. The topological polar surface area (TPSA) is 50.1 Å². The fraction of sp³-hybridized carbons (Fsp3) is 0.368. The molecule has 0 spiro atoms. The Hall–Kier alpha value is -2.34. The molecule has 0 radical (unpaired) electrons. The van der Waals surface area contributed by atoms with Crippen molar-refractivity contribution in [3.05, 3.63) is 58.7 Å². The number of carbonyl (C=O) groups excluding carboxylic acids is 1. The number of nitrogens with zero attached hydrogens (tertiary/aromatic N) is 1. The lowest BCUT2D eigenvalue weighted by atomic mass is 9.70. The Morgan fingerprint density at radius 3 is 2.77 bits per heavy atom. The standard InChI is InChI=1S/C19H19NO2/c1-19(2)12-7-9-13(15-5-4-6-17(15)19)14(10-8-12)16(11-20)18(21)22-3/h4,6-10,12-13H,5H2,1-3H3/b16-14-/t12-,13+/m0/s1. The quantitative estimate of drug-likeness (QED) is 0.321. The summed E-state index contributed by atoms with van der Waals surface area (Å²) in [5.74, 6) is -0.339. The second-order valence-corrected chi connectivity index (χ2v) is 6.45. The van der Waals surface area contributed by atoms with E-state index in [4.69, 9.17) is 4.74 Å². The van der Waals surface area contributed by atoms with Gasteiger partial charge in [0.25, 0.3) is 0 Å². The second-order valence-electron chi connectivity index (χ2n) is 6.45. The van der Waals surface area contributed by atoms with E-state index in [1.54, 1.807) is 0 Å². The Kier molecular flexibility index (Phi) is 3.41. The largest absolute Gasteiger partial charge is 0.465 e. The minimum atomic E-state index is -0.563. The van der Waals surface area contributed by atoms with Gasteiger partial charge in [-0.1, -0.05) is 55.9 Å². The second kappa shape index (κ2) is 5.14. The minimum absolute atomic E-state index is 0.0215. The molecule has 0 amide bonds. The summed E-state index contributed by atoms with van der Waals surface area (Å²) in [6, 6.07) is 2.03. The molecule has 0 aromatic heterocycles. The van der Waals surface area contributed by atoms with Crippen LogP contribution in [0.5, 0.6) is 0 Å². The van der Waals surface area contributed by atoms with Gasteiger partial charge in [-0.15, -0.1) is 0 Å². The molecule has 3 aliphatic rings. The van der Waals surface area contributed by atoms with Gasteiger partial charge in [-0.25, -0.2) is 4.79 Å². The summed E-state index contributed by atoms with van der Waals surface area (Å²) >= 11 is 0. The summed E-state index contributed by atoms with van der Waals surface area (Å²) in [7, 11) is 1.31. The molecule has 3 heteroatoms. The maximum atomic E-state index is 11.9. The summed E-state index contributed by atoms with van der Waals surface area (Å²) in [4.78, 5) is 11.9. The number of fused-ring (bicyclic) bond motifs is 3. The van der Waals surface area contributed by atoms with Crippen LogP contribution in [0.4, 0.5) is 0 Å². The smallest absolute Gasteiger partial charge is 0.348 e. The van der Waals surface area contributed by atoms with Gasteiger partial charge in [0.2, 0.25) is 0 Å². The third kappa shape index (κ3) is 1.99. The van der Waals surface area contributed by atoms with Gasteiger partial charge < -0.3 is 4.74 Å². The highest BCUT2D eigenvalue weighted by molar-refractivity contribution is 5.94. The normalized spacial score (nSPS) is 29.7. The van der Waals surface area contributed by atoms with Crippen molar-refractivity contribution < 1.29 is 9.53 Å². The van der Waals surface area contributed by atoms with Crippen LogP contribution in [0, 0.1) is 28.6 Å². The van der Waals surface area contributed by atoms with E-state index >= 15 is 0 Å². The number of esters is 1. The molecule has 112 valence electrons. The van der Waals surface area contributed by atoms with Crippen LogP contribution in [-0.2, 0) is 9.53 Å². The number of nitriles is 1. The number of carbonyl (C=O) groups is 1. The van der Waals surface area contributed by atoms with Crippen molar-refractivity contribution in [3.63, 3.8) is 0 Å². The van der Waals surface area contributed by atoms with Gasteiger partial charge in [0.15, 0.2) is 0 Å². The number of allylic oxidation sites excluding steroid dienone is 9. The van der Waals surface area contributed by atoms with Crippen molar-refractivity contribution >= 4 is 5.97 Å². The molecule has 3 nitrogen and oxygen atoms in total. The predicted molar refractivity (Wildman–Crippen MR) is 84.5 cm³/mol. The molecule has 0 N–H and O–H groups in total. The first-order valence-electron chi connectivity index (χ1n) is 7.50. The van der Waals surface area contributed by atoms with E-state index in [2.05, 4.69) is 44.2 Å². The molecular weight excluding hydrogens is 274 g/mol. The average Bonchev–Trinajstić information content (AvgIpc) is 2.85. The van der Waals surface area contributed by atoms with Crippen LogP contribution in [-0.4, -0.2) is 13.1 Å². The number of hydrogen-bond donors (Lipinski definition) is 0. The lowest BCUT2D eigenvalue weighted by Gasteiger charge is -2.33. The Morgan fingerprint density at radius 2 is 2.09 bits per heavy atom. The van der Waals surface area contributed by atoms with Gasteiger partial charge in [-0.05, 0) is 23.0 Å². The lowest BCUT2D eigenvalue weighted by Crippen LogP contribution is -2.24. The van der Waals surface area contributed by atoms with Crippen molar-refractivity contribution in [2.75, 3.05) is 7.11 Å². The van der Waals surface area contributed by atoms with Crippen molar-refractivity contribution in [1.29, 1.82) is 5.26 Å². The molecule has 3 aliphatic carbocycles. The van der Waals surface area contributed by atoms with E-state index in [9.17, 15) is 10.1 Å². The first-order valence-corrected chi connectivity index (χ1v) is 7.50. The van der Waals surface area contributed by atoms with Gasteiger partial charge in [0.1, 0.15) is 11.6 Å². The van der Waals surface area contributed by atoms with E-state index < -0.39 is 5.97 Å². The number of hydrogen-bond acceptors (Lipinski definition) is 3. The van der Waals surface area contributed by atoms with Crippen molar-refractivity contribution in [3.8, 4) is 6.07 Å².